The Labute approximate surface area is 68.5 Å². The Kier molecular flexibility index (Phi) is 2.14. The Hall–Kier alpha value is -0.0800. The first-order valence-electron chi connectivity index (χ1n) is 4.71. The Balaban J connectivity index is 1.99. The summed E-state index contributed by atoms with van der Waals surface area (Å²) in [5, 5.41) is 0. The van der Waals surface area contributed by atoms with Crippen molar-refractivity contribution >= 4 is 0 Å². The van der Waals surface area contributed by atoms with Crippen molar-refractivity contribution < 1.29 is 4.74 Å². The largest absolute Gasteiger partial charge is 0.378 e. The fraction of sp³-hybridized carbons (Fsp3) is 1.00. The van der Waals surface area contributed by atoms with E-state index in [4.69, 9.17) is 4.74 Å². The maximum Gasteiger partial charge on any atom is 0.0622 e. The summed E-state index contributed by atoms with van der Waals surface area (Å²) in [4.78, 5) is 2.62. The van der Waals surface area contributed by atoms with Crippen molar-refractivity contribution in [3.63, 3.8) is 0 Å². The SMILES string of the molecule is C[C@@H]1COC[C@H]2CCCCN21. The molecular formula is C9H17NO. The van der Waals surface area contributed by atoms with Crippen LogP contribution in [0.1, 0.15) is 26.2 Å². The van der Waals surface area contributed by atoms with Gasteiger partial charge < -0.3 is 4.74 Å². The summed E-state index contributed by atoms with van der Waals surface area (Å²) >= 11 is 0. The lowest BCUT2D eigenvalue weighted by Gasteiger charge is -2.43. The highest BCUT2D eigenvalue weighted by atomic mass is 16.5. The highest BCUT2D eigenvalue weighted by Gasteiger charge is 2.29. The molecule has 0 aromatic carbocycles. The number of nitrogens with zero attached hydrogens (tertiary/aromatic N) is 1. The van der Waals surface area contributed by atoms with E-state index in [-0.39, 0.29) is 0 Å². The standard InChI is InChI=1S/C9H17NO/c1-8-6-11-7-9-4-2-3-5-10(8)9/h8-9H,2-7H2,1H3/t8-,9-/m1/s1. The maximum atomic E-state index is 5.51. The van der Waals surface area contributed by atoms with Crippen LogP contribution >= 0.6 is 0 Å². The molecule has 2 fully saturated rings. The van der Waals surface area contributed by atoms with Crippen LogP contribution in [0.4, 0.5) is 0 Å². The first-order chi connectivity index (χ1) is 5.38. The molecular weight excluding hydrogens is 138 g/mol. The third-order valence-electron chi connectivity index (χ3n) is 2.91. The number of morpholine rings is 1. The van der Waals surface area contributed by atoms with Gasteiger partial charge in [-0.15, -0.1) is 0 Å². The van der Waals surface area contributed by atoms with Gasteiger partial charge in [0, 0.05) is 12.1 Å². The van der Waals surface area contributed by atoms with Crippen molar-refractivity contribution in [1.29, 1.82) is 0 Å². The normalized spacial score (nSPS) is 40.1. The Morgan fingerprint density at radius 2 is 2.18 bits per heavy atom. The highest BCUT2D eigenvalue weighted by Crippen LogP contribution is 2.22. The number of piperidine rings is 1. The van der Waals surface area contributed by atoms with Crippen molar-refractivity contribution in [1.82, 2.24) is 4.90 Å². The molecule has 2 rings (SSSR count). The van der Waals surface area contributed by atoms with Crippen molar-refractivity contribution in [3.8, 4) is 0 Å². The number of hydrogen-bond acceptors (Lipinski definition) is 2. The molecule has 2 nitrogen and oxygen atoms in total. The molecule has 0 amide bonds. The van der Waals surface area contributed by atoms with Crippen LogP contribution < -0.4 is 0 Å². The molecule has 2 aliphatic rings. The Morgan fingerprint density at radius 3 is 3.00 bits per heavy atom. The van der Waals surface area contributed by atoms with Crippen molar-refractivity contribution in [2.75, 3.05) is 19.8 Å². The van der Waals surface area contributed by atoms with Crippen LogP contribution in [0.3, 0.4) is 0 Å². The van der Waals surface area contributed by atoms with E-state index in [1.165, 1.54) is 25.8 Å². The first kappa shape index (κ1) is 7.56. The second-order valence-corrected chi connectivity index (χ2v) is 3.77. The smallest absolute Gasteiger partial charge is 0.0622 e. The van der Waals surface area contributed by atoms with E-state index in [2.05, 4.69) is 11.8 Å². The predicted octanol–water partition coefficient (Wildman–Crippen LogP) is 1.26. The third-order valence-corrected chi connectivity index (χ3v) is 2.91. The summed E-state index contributed by atoms with van der Waals surface area (Å²) in [6, 6.07) is 1.40. The molecule has 0 N–H and O–H groups in total. The van der Waals surface area contributed by atoms with Gasteiger partial charge in [0.15, 0.2) is 0 Å². The van der Waals surface area contributed by atoms with Gasteiger partial charge in [-0.3, -0.25) is 4.90 Å². The maximum absolute atomic E-state index is 5.51. The molecule has 0 unspecified atom stereocenters. The van der Waals surface area contributed by atoms with Crippen molar-refractivity contribution in [2.24, 2.45) is 0 Å². The molecule has 2 saturated heterocycles. The fourth-order valence-corrected chi connectivity index (χ4v) is 2.25. The van der Waals surface area contributed by atoms with Crippen LogP contribution in [0.15, 0.2) is 0 Å². The molecule has 64 valence electrons. The summed E-state index contributed by atoms with van der Waals surface area (Å²) < 4.78 is 5.51. The van der Waals surface area contributed by atoms with Crippen LogP contribution in [0, 0.1) is 0 Å². The van der Waals surface area contributed by atoms with E-state index in [9.17, 15) is 0 Å². The van der Waals surface area contributed by atoms with Gasteiger partial charge in [-0.05, 0) is 26.3 Å². The monoisotopic (exact) mass is 155 g/mol. The van der Waals surface area contributed by atoms with Gasteiger partial charge >= 0.3 is 0 Å². The van der Waals surface area contributed by atoms with Crippen LogP contribution in [-0.2, 0) is 4.74 Å². The number of rotatable bonds is 0. The zero-order valence-corrected chi connectivity index (χ0v) is 7.25. The van der Waals surface area contributed by atoms with Gasteiger partial charge in [-0.2, -0.15) is 0 Å². The van der Waals surface area contributed by atoms with E-state index in [1.807, 2.05) is 0 Å². The number of hydrogen-bond donors (Lipinski definition) is 0. The molecule has 0 aromatic rings. The average molecular weight is 155 g/mol. The zero-order valence-electron chi connectivity index (χ0n) is 7.25. The summed E-state index contributed by atoms with van der Waals surface area (Å²) in [6.45, 7) is 5.49. The fourth-order valence-electron chi connectivity index (χ4n) is 2.25. The van der Waals surface area contributed by atoms with Gasteiger partial charge in [-0.25, -0.2) is 0 Å². The second-order valence-electron chi connectivity index (χ2n) is 3.77. The third kappa shape index (κ3) is 1.42. The Bertz CT molecular complexity index is 136. The van der Waals surface area contributed by atoms with Gasteiger partial charge in [0.2, 0.25) is 0 Å². The number of fused-ring (bicyclic) bond motifs is 1. The molecule has 0 bridgehead atoms. The minimum Gasteiger partial charge on any atom is -0.378 e. The molecule has 0 radical (unpaired) electrons. The van der Waals surface area contributed by atoms with Crippen LogP contribution in [-0.4, -0.2) is 36.7 Å². The van der Waals surface area contributed by atoms with Crippen LogP contribution in [0.25, 0.3) is 0 Å². The summed E-state index contributed by atoms with van der Waals surface area (Å²) in [6.07, 6.45) is 4.14. The van der Waals surface area contributed by atoms with Crippen LogP contribution in [0.2, 0.25) is 0 Å². The molecule has 11 heavy (non-hydrogen) atoms. The first-order valence-corrected chi connectivity index (χ1v) is 4.71. The minimum atomic E-state index is 0.661. The van der Waals surface area contributed by atoms with Crippen molar-refractivity contribution in [2.45, 2.75) is 38.3 Å². The van der Waals surface area contributed by atoms with E-state index < -0.39 is 0 Å². The summed E-state index contributed by atoms with van der Waals surface area (Å²) in [5.41, 5.74) is 0. The molecule has 2 heteroatoms. The predicted molar refractivity (Wildman–Crippen MR) is 44.6 cm³/mol. The van der Waals surface area contributed by atoms with Crippen LogP contribution in [0.5, 0.6) is 0 Å². The van der Waals surface area contributed by atoms with E-state index in [0.717, 1.165) is 19.3 Å². The Morgan fingerprint density at radius 1 is 1.27 bits per heavy atom. The van der Waals surface area contributed by atoms with Gasteiger partial charge in [-0.1, -0.05) is 6.42 Å². The molecule has 0 aromatic heterocycles. The average Bonchev–Trinajstić information content (AvgIpc) is 2.06. The topological polar surface area (TPSA) is 12.5 Å². The molecule has 0 aliphatic carbocycles. The number of ether oxygens (including phenoxy) is 1. The highest BCUT2D eigenvalue weighted by molar-refractivity contribution is 4.83. The van der Waals surface area contributed by atoms with Gasteiger partial charge in [0.05, 0.1) is 13.2 Å². The van der Waals surface area contributed by atoms with E-state index in [0.29, 0.717) is 6.04 Å². The van der Waals surface area contributed by atoms with Crippen molar-refractivity contribution in [3.05, 3.63) is 0 Å². The molecule has 2 aliphatic heterocycles. The van der Waals surface area contributed by atoms with Gasteiger partial charge in [0.25, 0.3) is 0 Å². The summed E-state index contributed by atoms with van der Waals surface area (Å²) in [5.74, 6) is 0. The molecule has 0 spiro atoms. The summed E-state index contributed by atoms with van der Waals surface area (Å²) in [7, 11) is 0. The zero-order chi connectivity index (χ0) is 7.68. The molecule has 0 saturated carbocycles. The second kappa shape index (κ2) is 3.11. The minimum absolute atomic E-state index is 0.661. The molecule has 2 heterocycles. The lowest BCUT2D eigenvalue weighted by atomic mass is 9.99. The quantitative estimate of drug-likeness (QED) is 0.522. The molecule has 2 atom stereocenters. The van der Waals surface area contributed by atoms with E-state index in [1.54, 1.807) is 0 Å². The lowest BCUT2D eigenvalue weighted by molar-refractivity contribution is -0.0575. The lowest BCUT2D eigenvalue weighted by Crippen LogP contribution is -2.52. The van der Waals surface area contributed by atoms with Gasteiger partial charge in [0.1, 0.15) is 0 Å². The van der Waals surface area contributed by atoms with E-state index >= 15 is 0 Å².